The Kier molecular flexibility index (Phi) is 4.74. The molecule has 0 aromatic heterocycles. The van der Waals surface area contributed by atoms with Gasteiger partial charge >= 0.3 is 0 Å². The first-order chi connectivity index (χ1) is 12.0. The summed E-state index contributed by atoms with van der Waals surface area (Å²) < 4.78 is 0. The zero-order valence-corrected chi connectivity index (χ0v) is 14.7. The van der Waals surface area contributed by atoms with E-state index in [1.54, 1.807) is 21.9 Å². The Labute approximate surface area is 148 Å². The molecule has 1 heterocycles. The molecule has 2 amide bonds. The maximum atomic E-state index is 12.7. The number of amides is 2. The summed E-state index contributed by atoms with van der Waals surface area (Å²) in [5.41, 5.74) is 9.77. The van der Waals surface area contributed by atoms with Gasteiger partial charge in [-0.05, 0) is 43.7 Å². The van der Waals surface area contributed by atoms with Gasteiger partial charge in [-0.3, -0.25) is 9.59 Å². The van der Waals surface area contributed by atoms with E-state index in [1.165, 1.54) is 0 Å². The smallest absolute Gasteiger partial charge is 0.254 e. The topological polar surface area (TPSA) is 66.6 Å². The normalized spacial score (nSPS) is 14.5. The molecule has 0 spiro atoms. The Morgan fingerprint density at radius 3 is 2.00 bits per heavy atom. The summed E-state index contributed by atoms with van der Waals surface area (Å²) in [7, 11) is 0. The molecule has 2 N–H and O–H groups in total. The van der Waals surface area contributed by atoms with Crippen molar-refractivity contribution in [1.29, 1.82) is 0 Å². The first-order valence-electron chi connectivity index (χ1n) is 8.47. The SMILES string of the molecule is Cc1ccc(C(=O)N2CCN(C(=O)c3cc(N)ccc3C)CC2)cc1. The highest BCUT2D eigenvalue weighted by Gasteiger charge is 2.26. The predicted octanol–water partition coefficient (Wildman–Crippen LogP) is 2.48. The van der Waals surface area contributed by atoms with E-state index in [2.05, 4.69) is 0 Å². The van der Waals surface area contributed by atoms with Gasteiger partial charge in [-0.1, -0.05) is 23.8 Å². The molecule has 0 radical (unpaired) electrons. The lowest BCUT2D eigenvalue weighted by atomic mass is 10.1. The van der Waals surface area contributed by atoms with Gasteiger partial charge in [-0.15, -0.1) is 0 Å². The lowest BCUT2D eigenvalue weighted by molar-refractivity contribution is 0.0535. The van der Waals surface area contributed by atoms with Crippen LogP contribution < -0.4 is 5.73 Å². The van der Waals surface area contributed by atoms with Crippen molar-refractivity contribution in [3.63, 3.8) is 0 Å². The minimum absolute atomic E-state index is 0.0206. The summed E-state index contributed by atoms with van der Waals surface area (Å²) in [6, 6.07) is 13.0. The Hall–Kier alpha value is -2.82. The molecule has 1 saturated heterocycles. The molecule has 5 nitrogen and oxygen atoms in total. The van der Waals surface area contributed by atoms with Gasteiger partial charge in [0, 0.05) is 43.0 Å². The van der Waals surface area contributed by atoms with E-state index in [9.17, 15) is 9.59 Å². The minimum atomic E-state index is -0.0211. The number of hydrogen-bond donors (Lipinski definition) is 1. The van der Waals surface area contributed by atoms with Crippen LogP contribution in [0.25, 0.3) is 0 Å². The van der Waals surface area contributed by atoms with Crippen molar-refractivity contribution in [1.82, 2.24) is 9.80 Å². The number of nitrogens with zero attached hydrogens (tertiary/aromatic N) is 2. The Morgan fingerprint density at radius 1 is 0.840 bits per heavy atom. The number of piperazine rings is 1. The maximum Gasteiger partial charge on any atom is 0.254 e. The molecular formula is C20H23N3O2. The second-order valence-electron chi connectivity index (χ2n) is 6.52. The van der Waals surface area contributed by atoms with E-state index in [1.807, 2.05) is 44.2 Å². The van der Waals surface area contributed by atoms with Crippen LogP contribution in [0.5, 0.6) is 0 Å². The Morgan fingerprint density at radius 2 is 1.40 bits per heavy atom. The molecular weight excluding hydrogens is 314 g/mol. The lowest BCUT2D eigenvalue weighted by Gasteiger charge is -2.35. The molecule has 1 aliphatic rings. The number of aryl methyl sites for hydroxylation is 2. The second-order valence-corrected chi connectivity index (χ2v) is 6.52. The number of nitrogen functional groups attached to an aromatic ring is 1. The number of anilines is 1. The van der Waals surface area contributed by atoms with E-state index >= 15 is 0 Å². The summed E-state index contributed by atoms with van der Waals surface area (Å²) in [5.74, 6) is -0.000491. The summed E-state index contributed by atoms with van der Waals surface area (Å²) in [4.78, 5) is 28.9. The molecule has 25 heavy (non-hydrogen) atoms. The molecule has 0 unspecified atom stereocenters. The van der Waals surface area contributed by atoms with Crippen molar-refractivity contribution < 1.29 is 9.59 Å². The number of rotatable bonds is 2. The number of benzene rings is 2. The monoisotopic (exact) mass is 337 g/mol. The number of carbonyl (C=O) groups is 2. The summed E-state index contributed by atoms with van der Waals surface area (Å²) >= 11 is 0. The van der Waals surface area contributed by atoms with Crippen LogP contribution in [0, 0.1) is 13.8 Å². The molecule has 0 aliphatic carbocycles. The van der Waals surface area contributed by atoms with Crippen LogP contribution in [-0.2, 0) is 0 Å². The van der Waals surface area contributed by atoms with Gasteiger partial charge in [-0.25, -0.2) is 0 Å². The molecule has 0 saturated carbocycles. The van der Waals surface area contributed by atoms with E-state index in [-0.39, 0.29) is 11.8 Å². The highest BCUT2D eigenvalue weighted by molar-refractivity contribution is 5.97. The van der Waals surface area contributed by atoms with Crippen molar-refractivity contribution in [3.8, 4) is 0 Å². The quantitative estimate of drug-likeness (QED) is 0.856. The van der Waals surface area contributed by atoms with Gasteiger partial charge in [0.25, 0.3) is 11.8 Å². The lowest BCUT2D eigenvalue weighted by Crippen LogP contribution is -2.50. The molecule has 130 valence electrons. The van der Waals surface area contributed by atoms with Gasteiger partial charge in [0.05, 0.1) is 0 Å². The number of nitrogens with two attached hydrogens (primary N) is 1. The van der Waals surface area contributed by atoms with Gasteiger partial charge in [0.15, 0.2) is 0 Å². The van der Waals surface area contributed by atoms with Crippen LogP contribution in [0.15, 0.2) is 42.5 Å². The number of carbonyl (C=O) groups excluding carboxylic acids is 2. The highest BCUT2D eigenvalue weighted by Crippen LogP contribution is 2.17. The fraction of sp³-hybridized carbons (Fsp3) is 0.300. The fourth-order valence-corrected chi connectivity index (χ4v) is 3.03. The van der Waals surface area contributed by atoms with Gasteiger partial charge in [-0.2, -0.15) is 0 Å². The molecule has 2 aromatic carbocycles. The average Bonchev–Trinajstić information content (AvgIpc) is 2.63. The first-order valence-corrected chi connectivity index (χ1v) is 8.47. The number of hydrogen-bond acceptors (Lipinski definition) is 3. The molecule has 1 aliphatic heterocycles. The Bertz CT molecular complexity index is 791. The van der Waals surface area contributed by atoms with Crippen molar-refractivity contribution >= 4 is 17.5 Å². The van der Waals surface area contributed by atoms with E-state index in [0.717, 1.165) is 11.1 Å². The van der Waals surface area contributed by atoms with E-state index < -0.39 is 0 Å². The highest BCUT2D eigenvalue weighted by atomic mass is 16.2. The molecule has 2 aromatic rings. The zero-order chi connectivity index (χ0) is 18.0. The van der Waals surface area contributed by atoms with Crippen LogP contribution >= 0.6 is 0 Å². The van der Waals surface area contributed by atoms with Crippen LogP contribution in [0.4, 0.5) is 5.69 Å². The summed E-state index contributed by atoms with van der Waals surface area (Å²) in [6.45, 7) is 6.05. The largest absolute Gasteiger partial charge is 0.399 e. The van der Waals surface area contributed by atoms with Crippen molar-refractivity contribution in [2.75, 3.05) is 31.9 Å². The first kappa shape index (κ1) is 17.0. The molecule has 0 atom stereocenters. The van der Waals surface area contributed by atoms with Gasteiger partial charge in [0.1, 0.15) is 0 Å². The minimum Gasteiger partial charge on any atom is -0.399 e. The van der Waals surface area contributed by atoms with Crippen LogP contribution in [-0.4, -0.2) is 47.8 Å². The van der Waals surface area contributed by atoms with Crippen LogP contribution in [0.1, 0.15) is 31.8 Å². The van der Waals surface area contributed by atoms with Crippen molar-refractivity contribution in [2.45, 2.75) is 13.8 Å². The van der Waals surface area contributed by atoms with E-state index in [0.29, 0.717) is 43.0 Å². The predicted molar refractivity (Wildman–Crippen MR) is 98.6 cm³/mol. The Balaban J connectivity index is 1.65. The second kappa shape index (κ2) is 6.97. The summed E-state index contributed by atoms with van der Waals surface area (Å²) in [5, 5.41) is 0. The van der Waals surface area contributed by atoms with Crippen LogP contribution in [0.2, 0.25) is 0 Å². The average molecular weight is 337 g/mol. The van der Waals surface area contributed by atoms with Crippen LogP contribution in [0.3, 0.4) is 0 Å². The summed E-state index contributed by atoms with van der Waals surface area (Å²) in [6.07, 6.45) is 0. The maximum absolute atomic E-state index is 12.7. The third kappa shape index (κ3) is 3.65. The molecule has 3 rings (SSSR count). The van der Waals surface area contributed by atoms with Crippen molar-refractivity contribution in [3.05, 3.63) is 64.7 Å². The standard InChI is InChI=1S/C20H23N3O2/c1-14-3-6-16(7-4-14)19(24)22-9-11-23(12-10-22)20(25)18-13-17(21)8-5-15(18)2/h3-8,13H,9-12,21H2,1-2H3. The molecule has 0 bridgehead atoms. The molecule has 1 fully saturated rings. The fourth-order valence-electron chi connectivity index (χ4n) is 3.03. The third-order valence-electron chi connectivity index (χ3n) is 4.64. The van der Waals surface area contributed by atoms with E-state index in [4.69, 9.17) is 5.73 Å². The third-order valence-corrected chi connectivity index (χ3v) is 4.64. The van der Waals surface area contributed by atoms with Gasteiger partial charge in [0.2, 0.25) is 0 Å². The zero-order valence-electron chi connectivity index (χ0n) is 14.7. The molecule has 5 heteroatoms. The van der Waals surface area contributed by atoms with Crippen molar-refractivity contribution in [2.24, 2.45) is 0 Å². The van der Waals surface area contributed by atoms with Gasteiger partial charge < -0.3 is 15.5 Å².